The quantitative estimate of drug-likeness (QED) is 0.456. The van der Waals surface area contributed by atoms with Gasteiger partial charge in [0.05, 0.1) is 16.8 Å². The second-order valence-corrected chi connectivity index (χ2v) is 4.40. The highest BCUT2D eigenvalue weighted by Crippen LogP contribution is 1.94. The zero-order valence-electron chi connectivity index (χ0n) is 7.77. The van der Waals surface area contributed by atoms with Crippen molar-refractivity contribution in [2.45, 2.75) is 19.8 Å². The molecule has 1 N–H and O–H groups in total. The lowest BCUT2D eigenvalue weighted by atomic mass is 10.4. The average Bonchev–Trinajstić information content (AvgIpc) is 2.01. The molecular weight excluding hydrogens is 194 g/mol. The van der Waals surface area contributed by atoms with Gasteiger partial charge in [0.1, 0.15) is 0 Å². The molecule has 0 saturated heterocycles. The van der Waals surface area contributed by atoms with Gasteiger partial charge in [0.2, 0.25) is 0 Å². The maximum absolute atomic E-state index is 10.2. The number of hydrogen-bond acceptors (Lipinski definition) is 5. The summed E-state index contributed by atoms with van der Waals surface area (Å²) in [6.45, 7) is 3.04. The number of rotatable bonds is 7. The summed E-state index contributed by atoms with van der Waals surface area (Å²) in [5.74, 6) is -0.354. The molecule has 0 rings (SSSR count). The van der Waals surface area contributed by atoms with Crippen molar-refractivity contribution in [2.75, 3.05) is 25.6 Å². The van der Waals surface area contributed by atoms with Crippen molar-refractivity contribution in [3.05, 3.63) is 0 Å². The monoisotopic (exact) mass is 210 g/mol. The molecule has 0 fully saturated rings. The Morgan fingerprint density at radius 2 is 2.00 bits per heavy atom. The van der Waals surface area contributed by atoms with Crippen LogP contribution in [0.3, 0.4) is 0 Å². The van der Waals surface area contributed by atoms with E-state index in [0.717, 1.165) is 13.0 Å². The van der Waals surface area contributed by atoms with Crippen molar-refractivity contribution in [3.8, 4) is 0 Å². The van der Waals surface area contributed by atoms with Gasteiger partial charge in [0.25, 0.3) is 0 Å². The van der Waals surface area contributed by atoms with E-state index in [1.807, 2.05) is 6.92 Å². The molecule has 0 aliphatic carbocycles. The average molecular weight is 210 g/mol. The number of aliphatic hydroxyl groups excluding tert-OH is 1. The van der Waals surface area contributed by atoms with Gasteiger partial charge < -0.3 is 9.66 Å². The van der Waals surface area contributed by atoms with E-state index in [9.17, 15) is 13.0 Å². The van der Waals surface area contributed by atoms with Gasteiger partial charge in [0, 0.05) is 18.8 Å². The lowest BCUT2D eigenvalue weighted by Gasteiger charge is -2.18. The number of nitrogens with zero attached hydrogens (tertiary/aromatic N) is 1. The minimum atomic E-state index is -4.10. The molecule has 0 atom stereocenters. The Bertz CT molecular complexity index is 215. The zero-order valence-corrected chi connectivity index (χ0v) is 8.59. The summed E-state index contributed by atoms with van der Waals surface area (Å²) < 4.78 is 30.7. The van der Waals surface area contributed by atoms with Gasteiger partial charge in [-0.3, -0.25) is 4.90 Å². The lowest BCUT2D eigenvalue weighted by molar-refractivity contribution is 0.107. The highest BCUT2D eigenvalue weighted by molar-refractivity contribution is 7.85. The molecule has 0 aromatic rings. The molecule has 0 aromatic heterocycles. The van der Waals surface area contributed by atoms with Gasteiger partial charge in [-0.15, -0.1) is 0 Å². The van der Waals surface area contributed by atoms with Gasteiger partial charge in [-0.1, -0.05) is 6.92 Å². The first-order valence-electron chi connectivity index (χ1n) is 4.26. The molecule has 0 aliphatic rings. The first kappa shape index (κ1) is 12.8. The highest BCUT2D eigenvalue weighted by atomic mass is 32.2. The van der Waals surface area contributed by atoms with Crippen molar-refractivity contribution in [2.24, 2.45) is 0 Å². The fourth-order valence-corrected chi connectivity index (χ4v) is 1.52. The normalized spacial score (nSPS) is 12.3. The minimum Gasteiger partial charge on any atom is -0.748 e. The Labute approximate surface area is 79.1 Å². The summed E-state index contributed by atoms with van der Waals surface area (Å²) in [5.41, 5.74) is 0. The smallest absolute Gasteiger partial charge is 0.0956 e. The van der Waals surface area contributed by atoms with Crippen LogP contribution in [-0.2, 0) is 10.1 Å². The Morgan fingerprint density at radius 3 is 2.38 bits per heavy atom. The summed E-state index contributed by atoms with van der Waals surface area (Å²) >= 11 is 0. The summed E-state index contributed by atoms with van der Waals surface area (Å²) in [6.07, 6.45) is 1.18. The molecule has 5 nitrogen and oxygen atoms in total. The number of hydrogen-bond donors (Lipinski definition) is 1. The molecule has 6 heteroatoms. The predicted octanol–water partition coefficient (Wildman–Crippen LogP) is -0.416. The van der Waals surface area contributed by atoms with Crippen LogP contribution in [-0.4, -0.2) is 48.6 Å². The third kappa shape index (κ3) is 8.17. The summed E-state index contributed by atoms with van der Waals surface area (Å²) in [5, 5.41) is 8.78. The van der Waals surface area contributed by atoms with Crippen molar-refractivity contribution in [1.29, 1.82) is 0 Å². The Morgan fingerprint density at radius 1 is 1.38 bits per heavy atom. The van der Waals surface area contributed by atoms with Crippen LogP contribution in [0.2, 0.25) is 0 Å². The maximum Gasteiger partial charge on any atom is 0.0956 e. The van der Waals surface area contributed by atoms with Gasteiger partial charge in [0.15, 0.2) is 0 Å². The molecule has 0 unspecified atom stereocenters. The van der Waals surface area contributed by atoms with Gasteiger partial charge in [-0.05, 0) is 12.8 Å². The van der Waals surface area contributed by atoms with Crippen LogP contribution in [0.25, 0.3) is 0 Å². The SMILES string of the molecule is CCCN(CO)CCCS(=O)(=O)[O-]. The fraction of sp³-hybridized carbons (Fsp3) is 1.00. The van der Waals surface area contributed by atoms with E-state index in [-0.39, 0.29) is 18.9 Å². The highest BCUT2D eigenvalue weighted by Gasteiger charge is 2.02. The number of aliphatic hydroxyl groups is 1. The van der Waals surface area contributed by atoms with Crippen LogP contribution in [0.5, 0.6) is 0 Å². The Hall–Kier alpha value is -0.170. The minimum absolute atomic E-state index is 0.0905. The molecule has 80 valence electrons. The molecule has 13 heavy (non-hydrogen) atoms. The Kier molecular flexibility index (Phi) is 6.23. The lowest BCUT2D eigenvalue weighted by Crippen LogP contribution is -2.27. The summed E-state index contributed by atoms with van der Waals surface area (Å²) in [4.78, 5) is 1.70. The molecule has 0 aromatic carbocycles. The predicted molar refractivity (Wildman–Crippen MR) is 48.1 cm³/mol. The molecule has 0 saturated carbocycles. The van der Waals surface area contributed by atoms with Crippen LogP contribution in [0.15, 0.2) is 0 Å². The van der Waals surface area contributed by atoms with Gasteiger partial charge in [-0.2, -0.15) is 0 Å². The third-order valence-electron chi connectivity index (χ3n) is 1.61. The molecule has 0 heterocycles. The zero-order chi connectivity index (χ0) is 10.3. The second-order valence-electron chi connectivity index (χ2n) is 2.87. The Balaban J connectivity index is 3.61. The van der Waals surface area contributed by atoms with E-state index in [0.29, 0.717) is 6.54 Å². The largest absolute Gasteiger partial charge is 0.748 e. The van der Waals surface area contributed by atoms with E-state index in [1.54, 1.807) is 4.90 Å². The first-order chi connectivity index (χ1) is 5.99. The molecule has 0 amide bonds. The summed E-state index contributed by atoms with van der Waals surface area (Å²) in [6, 6.07) is 0. The van der Waals surface area contributed by atoms with Crippen LogP contribution in [0.1, 0.15) is 19.8 Å². The van der Waals surface area contributed by atoms with Crippen molar-refractivity contribution >= 4 is 10.1 Å². The van der Waals surface area contributed by atoms with Crippen LogP contribution in [0, 0.1) is 0 Å². The first-order valence-corrected chi connectivity index (χ1v) is 5.84. The second kappa shape index (κ2) is 6.31. The topological polar surface area (TPSA) is 80.7 Å². The van der Waals surface area contributed by atoms with Crippen molar-refractivity contribution < 1.29 is 18.1 Å². The van der Waals surface area contributed by atoms with Gasteiger partial charge >= 0.3 is 0 Å². The fourth-order valence-electron chi connectivity index (χ4n) is 1.03. The third-order valence-corrected chi connectivity index (χ3v) is 2.40. The van der Waals surface area contributed by atoms with E-state index >= 15 is 0 Å². The van der Waals surface area contributed by atoms with E-state index in [1.165, 1.54) is 0 Å². The van der Waals surface area contributed by atoms with Crippen LogP contribution < -0.4 is 0 Å². The van der Waals surface area contributed by atoms with Crippen LogP contribution >= 0.6 is 0 Å². The van der Waals surface area contributed by atoms with E-state index in [2.05, 4.69) is 0 Å². The molecular formula is C7H16NO4S-. The van der Waals surface area contributed by atoms with Crippen LogP contribution in [0.4, 0.5) is 0 Å². The van der Waals surface area contributed by atoms with E-state index < -0.39 is 10.1 Å². The molecule has 0 aliphatic heterocycles. The van der Waals surface area contributed by atoms with E-state index in [4.69, 9.17) is 5.11 Å². The maximum atomic E-state index is 10.2. The molecule has 0 radical (unpaired) electrons. The standard InChI is InChI=1S/C7H17NO4S/c1-2-4-8(7-9)5-3-6-13(10,11)12/h9H,2-7H2,1H3,(H,10,11,12)/p-1. The van der Waals surface area contributed by atoms with Crippen molar-refractivity contribution in [1.82, 2.24) is 4.90 Å². The van der Waals surface area contributed by atoms with Gasteiger partial charge in [-0.25, -0.2) is 8.42 Å². The molecule has 0 spiro atoms. The van der Waals surface area contributed by atoms with Crippen molar-refractivity contribution in [3.63, 3.8) is 0 Å². The summed E-state index contributed by atoms with van der Waals surface area (Å²) in [7, 11) is -4.10. The molecule has 0 bridgehead atoms.